The summed E-state index contributed by atoms with van der Waals surface area (Å²) in [5.74, 6) is 0.0350. The fraction of sp³-hybridized carbons (Fsp3) is 0.533. The van der Waals surface area contributed by atoms with Crippen molar-refractivity contribution in [1.29, 1.82) is 0 Å². The lowest BCUT2D eigenvalue weighted by Gasteiger charge is -2.27. The third-order valence-corrected chi connectivity index (χ3v) is 4.09. The molecule has 2 aromatic rings. The van der Waals surface area contributed by atoms with E-state index in [4.69, 9.17) is 9.15 Å². The van der Waals surface area contributed by atoms with Crippen LogP contribution in [0, 0.1) is 5.92 Å². The summed E-state index contributed by atoms with van der Waals surface area (Å²) >= 11 is 0. The molecule has 5 heteroatoms. The van der Waals surface area contributed by atoms with E-state index in [1.54, 1.807) is 0 Å². The van der Waals surface area contributed by atoms with Crippen LogP contribution in [0.2, 0.25) is 0 Å². The van der Waals surface area contributed by atoms with Gasteiger partial charge in [-0.2, -0.15) is 0 Å². The van der Waals surface area contributed by atoms with Crippen molar-refractivity contribution in [2.45, 2.75) is 32.4 Å². The molecule has 108 valence electrons. The molecule has 5 nitrogen and oxygen atoms in total. The molecule has 1 aromatic heterocycles. The minimum Gasteiger partial charge on any atom is -0.408 e. The van der Waals surface area contributed by atoms with Crippen molar-refractivity contribution in [1.82, 2.24) is 10.3 Å². The van der Waals surface area contributed by atoms with Gasteiger partial charge in [-0.3, -0.25) is 4.98 Å². The Morgan fingerprint density at radius 1 is 1.50 bits per heavy atom. The summed E-state index contributed by atoms with van der Waals surface area (Å²) in [5, 5.41) is 3.53. The first-order valence-electron chi connectivity index (χ1n) is 7.17. The molecule has 0 amide bonds. The van der Waals surface area contributed by atoms with Gasteiger partial charge < -0.3 is 14.5 Å². The number of rotatable bonds is 4. The van der Waals surface area contributed by atoms with Crippen LogP contribution >= 0.6 is 0 Å². The van der Waals surface area contributed by atoms with Crippen LogP contribution in [0.3, 0.4) is 0 Å². The number of aromatic nitrogens is 1. The van der Waals surface area contributed by atoms with E-state index in [1.165, 1.54) is 0 Å². The minimum absolute atomic E-state index is 0.224. The predicted molar refractivity (Wildman–Crippen MR) is 76.8 cm³/mol. The Morgan fingerprint density at radius 3 is 3.05 bits per heavy atom. The molecule has 1 aromatic carbocycles. The van der Waals surface area contributed by atoms with E-state index >= 15 is 0 Å². The molecule has 2 N–H and O–H groups in total. The molecule has 0 aliphatic carbocycles. The Kier molecular flexibility index (Phi) is 3.63. The van der Waals surface area contributed by atoms with E-state index in [0.29, 0.717) is 11.5 Å². The summed E-state index contributed by atoms with van der Waals surface area (Å²) in [6, 6.07) is 6.13. The molecule has 1 aliphatic rings. The van der Waals surface area contributed by atoms with E-state index < -0.39 is 5.76 Å². The Bertz CT molecular complexity index is 646. The van der Waals surface area contributed by atoms with E-state index in [2.05, 4.69) is 24.1 Å². The van der Waals surface area contributed by atoms with Crippen LogP contribution in [0.4, 0.5) is 0 Å². The maximum atomic E-state index is 11.2. The van der Waals surface area contributed by atoms with Crippen LogP contribution in [-0.4, -0.2) is 24.2 Å². The first-order chi connectivity index (χ1) is 9.69. The SMILES string of the molecule is CCNC(c1ccc2[nH]c(=O)oc2c1)C1CCOC1C. The van der Waals surface area contributed by atoms with Gasteiger partial charge in [-0.15, -0.1) is 0 Å². The van der Waals surface area contributed by atoms with Crippen molar-refractivity contribution in [3.05, 3.63) is 34.3 Å². The zero-order valence-electron chi connectivity index (χ0n) is 11.8. The van der Waals surface area contributed by atoms with E-state index in [9.17, 15) is 4.79 Å². The van der Waals surface area contributed by atoms with Gasteiger partial charge in [0, 0.05) is 18.6 Å². The highest BCUT2D eigenvalue weighted by Gasteiger charge is 2.32. The lowest BCUT2D eigenvalue weighted by atomic mass is 9.88. The van der Waals surface area contributed by atoms with Gasteiger partial charge in [0.1, 0.15) is 0 Å². The second kappa shape index (κ2) is 5.42. The van der Waals surface area contributed by atoms with Crippen LogP contribution in [0.25, 0.3) is 11.1 Å². The largest absolute Gasteiger partial charge is 0.417 e. The lowest BCUT2D eigenvalue weighted by Crippen LogP contribution is -2.31. The van der Waals surface area contributed by atoms with Crippen molar-refractivity contribution in [3.8, 4) is 0 Å². The Labute approximate surface area is 117 Å². The molecule has 0 spiro atoms. The van der Waals surface area contributed by atoms with Crippen LogP contribution in [0.1, 0.15) is 31.9 Å². The number of benzene rings is 1. The van der Waals surface area contributed by atoms with Gasteiger partial charge in [-0.1, -0.05) is 13.0 Å². The maximum absolute atomic E-state index is 11.2. The second-order valence-corrected chi connectivity index (χ2v) is 5.33. The zero-order chi connectivity index (χ0) is 14.1. The van der Waals surface area contributed by atoms with Crippen LogP contribution < -0.4 is 11.1 Å². The number of oxazole rings is 1. The van der Waals surface area contributed by atoms with Crippen LogP contribution in [0.5, 0.6) is 0 Å². The lowest BCUT2D eigenvalue weighted by molar-refractivity contribution is 0.0956. The summed E-state index contributed by atoms with van der Waals surface area (Å²) < 4.78 is 10.8. The van der Waals surface area contributed by atoms with Gasteiger partial charge in [-0.25, -0.2) is 4.79 Å². The third kappa shape index (κ3) is 2.39. The highest BCUT2D eigenvalue weighted by atomic mass is 16.5. The van der Waals surface area contributed by atoms with Crippen molar-refractivity contribution in [2.24, 2.45) is 5.92 Å². The fourth-order valence-electron chi connectivity index (χ4n) is 3.08. The molecule has 1 fully saturated rings. The van der Waals surface area contributed by atoms with Gasteiger partial charge in [0.2, 0.25) is 0 Å². The number of H-pyrrole nitrogens is 1. The van der Waals surface area contributed by atoms with Crippen molar-refractivity contribution in [2.75, 3.05) is 13.2 Å². The van der Waals surface area contributed by atoms with Gasteiger partial charge in [0.05, 0.1) is 11.6 Å². The number of ether oxygens (including phenoxy) is 1. The summed E-state index contributed by atoms with van der Waals surface area (Å²) in [6.07, 6.45) is 1.29. The molecular formula is C15H20N2O3. The van der Waals surface area contributed by atoms with Gasteiger partial charge in [0.15, 0.2) is 5.58 Å². The quantitative estimate of drug-likeness (QED) is 0.898. The first-order valence-corrected chi connectivity index (χ1v) is 7.17. The molecule has 0 bridgehead atoms. The topological polar surface area (TPSA) is 67.3 Å². The summed E-state index contributed by atoms with van der Waals surface area (Å²) in [5.41, 5.74) is 2.50. The predicted octanol–water partition coefficient (Wildman–Crippen LogP) is 2.20. The molecule has 3 atom stereocenters. The van der Waals surface area contributed by atoms with Crippen molar-refractivity contribution < 1.29 is 9.15 Å². The van der Waals surface area contributed by atoms with Gasteiger partial charge in [-0.05, 0) is 37.6 Å². The van der Waals surface area contributed by atoms with Crippen molar-refractivity contribution in [3.63, 3.8) is 0 Å². The van der Waals surface area contributed by atoms with E-state index in [1.807, 2.05) is 18.2 Å². The summed E-state index contributed by atoms with van der Waals surface area (Å²) in [4.78, 5) is 13.9. The van der Waals surface area contributed by atoms with E-state index in [-0.39, 0.29) is 12.1 Å². The molecule has 3 unspecified atom stereocenters. The molecule has 0 saturated carbocycles. The molecule has 3 rings (SSSR count). The smallest absolute Gasteiger partial charge is 0.408 e. The average molecular weight is 276 g/mol. The average Bonchev–Trinajstić information content (AvgIpc) is 3.00. The highest BCUT2D eigenvalue weighted by Crippen LogP contribution is 2.34. The number of fused-ring (bicyclic) bond motifs is 1. The molecule has 1 aliphatic heterocycles. The van der Waals surface area contributed by atoms with Crippen LogP contribution in [0.15, 0.2) is 27.4 Å². The normalized spacial score (nSPS) is 24.3. The highest BCUT2D eigenvalue weighted by molar-refractivity contribution is 5.72. The molecular weight excluding hydrogens is 256 g/mol. The Balaban J connectivity index is 1.97. The standard InChI is InChI=1S/C15H20N2O3/c1-3-16-14(11-6-7-19-9(11)2)10-4-5-12-13(8-10)20-15(18)17-12/h4-5,8-9,11,14,16H,3,6-7H2,1-2H3,(H,17,18). The van der Waals surface area contributed by atoms with Crippen LogP contribution in [-0.2, 0) is 4.74 Å². The molecule has 1 saturated heterocycles. The number of hydrogen-bond donors (Lipinski definition) is 2. The monoisotopic (exact) mass is 276 g/mol. The Hall–Kier alpha value is -1.59. The number of hydrogen-bond acceptors (Lipinski definition) is 4. The zero-order valence-corrected chi connectivity index (χ0v) is 11.8. The maximum Gasteiger partial charge on any atom is 0.417 e. The molecule has 2 heterocycles. The van der Waals surface area contributed by atoms with Gasteiger partial charge in [0.25, 0.3) is 0 Å². The molecule has 0 radical (unpaired) electrons. The van der Waals surface area contributed by atoms with Crippen molar-refractivity contribution >= 4 is 11.1 Å². The molecule has 20 heavy (non-hydrogen) atoms. The second-order valence-electron chi connectivity index (χ2n) is 5.33. The number of aromatic amines is 1. The number of nitrogens with one attached hydrogen (secondary N) is 2. The van der Waals surface area contributed by atoms with Gasteiger partial charge >= 0.3 is 5.76 Å². The first kappa shape index (κ1) is 13.4. The summed E-state index contributed by atoms with van der Waals surface area (Å²) in [7, 11) is 0. The third-order valence-electron chi connectivity index (χ3n) is 4.09. The minimum atomic E-state index is -0.408. The summed E-state index contributed by atoms with van der Waals surface area (Å²) in [6.45, 7) is 5.93. The fourth-order valence-corrected chi connectivity index (χ4v) is 3.08. The van der Waals surface area contributed by atoms with E-state index in [0.717, 1.165) is 30.7 Å². The Morgan fingerprint density at radius 2 is 2.35 bits per heavy atom.